The van der Waals surface area contributed by atoms with Gasteiger partial charge in [0.1, 0.15) is 5.69 Å². The van der Waals surface area contributed by atoms with Crippen molar-refractivity contribution in [1.82, 2.24) is 20.1 Å². The number of nitrogens with one attached hydrogen (secondary N) is 2. The van der Waals surface area contributed by atoms with Gasteiger partial charge >= 0.3 is 0 Å². The zero-order valence-corrected chi connectivity index (χ0v) is 15.7. The van der Waals surface area contributed by atoms with Crippen LogP contribution in [0.5, 0.6) is 0 Å². The summed E-state index contributed by atoms with van der Waals surface area (Å²) in [6.07, 6.45) is 0. The van der Waals surface area contributed by atoms with Crippen molar-refractivity contribution >= 4 is 22.7 Å². The highest BCUT2D eigenvalue weighted by atomic mass is 16.2. The second-order valence-corrected chi connectivity index (χ2v) is 7.10. The third-order valence-corrected chi connectivity index (χ3v) is 5.15. The van der Waals surface area contributed by atoms with E-state index < -0.39 is 0 Å². The normalized spacial score (nSPS) is 14.9. The molecule has 1 saturated heterocycles. The molecule has 4 rings (SSSR count). The van der Waals surface area contributed by atoms with Gasteiger partial charge in [-0.25, -0.2) is 0 Å². The summed E-state index contributed by atoms with van der Waals surface area (Å²) in [5, 5.41) is 3.71. The van der Waals surface area contributed by atoms with Crippen molar-refractivity contribution in [2.45, 2.75) is 6.54 Å². The molecule has 0 saturated carbocycles. The number of para-hydroxylation sites is 1. The number of hydrogen-bond acceptors (Lipinski definition) is 3. The van der Waals surface area contributed by atoms with E-state index in [1.54, 1.807) is 6.07 Å². The molecule has 1 fully saturated rings. The van der Waals surface area contributed by atoms with Crippen LogP contribution in [0.25, 0.3) is 10.9 Å². The van der Waals surface area contributed by atoms with Gasteiger partial charge in [0.25, 0.3) is 5.91 Å². The van der Waals surface area contributed by atoms with Crippen LogP contribution < -0.4 is 5.32 Å². The van der Waals surface area contributed by atoms with Gasteiger partial charge in [0.05, 0.1) is 6.54 Å². The van der Waals surface area contributed by atoms with E-state index in [4.69, 9.17) is 0 Å². The largest absolute Gasteiger partial charge is 0.351 e. The zero-order chi connectivity index (χ0) is 19.3. The predicted octanol–water partition coefficient (Wildman–Crippen LogP) is 2.24. The molecule has 1 aliphatic heterocycles. The van der Waals surface area contributed by atoms with Crippen molar-refractivity contribution in [3.63, 3.8) is 0 Å². The maximum absolute atomic E-state index is 12.5. The molecule has 144 valence electrons. The first kappa shape index (κ1) is 18.3. The van der Waals surface area contributed by atoms with E-state index in [0.29, 0.717) is 18.8 Å². The third-order valence-electron chi connectivity index (χ3n) is 5.15. The summed E-state index contributed by atoms with van der Waals surface area (Å²) >= 11 is 0. The number of nitrogens with zero attached hydrogens (tertiary/aromatic N) is 2. The smallest absolute Gasteiger partial charge is 0.268 e. The highest BCUT2D eigenvalue weighted by Gasteiger charge is 2.21. The number of fused-ring (bicyclic) bond motifs is 1. The third kappa shape index (κ3) is 4.23. The van der Waals surface area contributed by atoms with Gasteiger partial charge in [-0.2, -0.15) is 0 Å². The summed E-state index contributed by atoms with van der Waals surface area (Å²) in [6.45, 7) is 3.99. The minimum atomic E-state index is -0.257. The van der Waals surface area contributed by atoms with E-state index in [9.17, 15) is 9.59 Å². The number of benzene rings is 2. The van der Waals surface area contributed by atoms with Crippen LogP contribution in [0.4, 0.5) is 0 Å². The Labute approximate surface area is 164 Å². The second kappa shape index (κ2) is 8.27. The standard InChI is InChI=1S/C22H24N4O2/c27-21(15-23-22(28)20-14-18-8-4-5-9-19(18)24-20)26-12-10-25(11-13-26)16-17-6-2-1-3-7-17/h1-9,14,24H,10-13,15-16H2,(H,23,28). The number of amides is 2. The van der Waals surface area contributed by atoms with E-state index in [0.717, 1.165) is 30.5 Å². The maximum Gasteiger partial charge on any atom is 0.268 e. The quantitative estimate of drug-likeness (QED) is 0.718. The summed E-state index contributed by atoms with van der Waals surface area (Å²) in [5.74, 6) is -0.295. The molecular formula is C22H24N4O2. The van der Waals surface area contributed by atoms with Crippen LogP contribution in [0.15, 0.2) is 60.7 Å². The molecule has 6 heteroatoms. The maximum atomic E-state index is 12.5. The Morgan fingerprint density at radius 1 is 0.929 bits per heavy atom. The van der Waals surface area contributed by atoms with Crippen LogP contribution >= 0.6 is 0 Å². The number of hydrogen-bond donors (Lipinski definition) is 2. The molecule has 28 heavy (non-hydrogen) atoms. The molecule has 2 N–H and O–H groups in total. The molecule has 0 atom stereocenters. The first-order valence-corrected chi connectivity index (χ1v) is 9.59. The Morgan fingerprint density at radius 3 is 2.39 bits per heavy atom. The number of carbonyl (C=O) groups is 2. The minimum Gasteiger partial charge on any atom is -0.351 e. The molecule has 0 radical (unpaired) electrons. The highest BCUT2D eigenvalue weighted by Crippen LogP contribution is 2.14. The van der Waals surface area contributed by atoms with E-state index >= 15 is 0 Å². The number of rotatable bonds is 5. The van der Waals surface area contributed by atoms with Gasteiger partial charge in [0.2, 0.25) is 5.91 Å². The van der Waals surface area contributed by atoms with Gasteiger partial charge in [-0.15, -0.1) is 0 Å². The van der Waals surface area contributed by atoms with Gasteiger partial charge in [-0.05, 0) is 17.7 Å². The molecule has 0 spiro atoms. The Morgan fingerprint density at radius 2 is 1.64 bits per heavy atom. The van der Waals surface area contributed by atoms with Crippen molar-refractivity contribution in [3.05, 3.63) is 71.9 Å². The van der Waals surface area contributed by atoms with Crippen LogP contribution in [0.1, 0.15) is 16.1 Å². The molecule has 6 nitrogen and oxygen atoms in total. The van der Waals surface area contributed by atoms with Crippen molar-refractivity contribution in [3.8, 4) is 0 Å². The van der Waals surface area contributed by atoms with Gasteiger partial charge in [-0.3, -0.25) is 14.5 Å². The monoisotopic (exact) mass is 376 g/mol. The molecule has 2 heterocycles. The van der Waals surface area contributed by atoms with Crippen LogP contribution in [0.2, 0.25) is 0 Å². The zero-order valence-electron chi connectivity index (χ0n) is 15.7. The SMILES string of the molecule is O=C(NCC(=O)N1CCN(Cc2ccccc2)CC1)c1cc2ccccc2[nH]1. The van der Waals surface area contributed by atoms with Crippen molar-refractivity contribution in [1.29, 1.82) is 0 Å². The molecule has 3 aromatic rings. The number of piperazine rings is 1. The minimum absolute atomic E-state index is 0.0207. The highest BCUT2D eigenvalue weighted by molar-refractivity contribution is 5.99. The number of aromatic nitrogens is 1. The fourth-order valence-electron chi connectivity index (χ4n) is 3.56. The Kier molecular flexibility index (Phi) is 5.39. The second-order valence-electron chi connectivity index (χ2n) is 7.10. The number of H-pyrrole nitrogens is 1. The van der Waals surface area contributed by atoms with E-state index in [1.807, 2.05) is 47.4 Å². The summed E-state index contributed by atoms with van der Waals surface area (Å²) in [5.41, 5.74) is 2.67. The molecule has 1 aliphatic rings. The number of aromatic amines is 1. The first-order valence-electron chi connectivity index (χ1n) is 9.59. The molecule has 0 bridgehead atoms. The number of carbonyl (C=O) groups excluding carboxylic acids is 2. The lowest BCUT2D eigenvalue weighted by Gasteiger charge is -2.34. The lowest BCUT2D eigenvalue weighted by atomic mass is 10.2. The van der Waals surface area contributed by atoms with Gasteiger partial charge < -0.3 is 15.2 Å². The topological polar surface area (TPSA) is 68.4 Å². The van der Waals surface area contributed by atoms with E-state index in [1.165, 1.54) is 5.56 Å². The predicted molar refractivity (Wildman–Crippen MR) is 109 cm³/mol. The van der Waals surface area contributed by atoms with Crippen LogP contribution in [-0.4, -0.2) is 59.3 Å². The average molecular weight is 376 g/mol. The first-order chi connectivity index (χ1) is 13.7. The summed E-state index contributed by atoms with van der Waals surface area (Å²) < 4.78 is 0. The summed E-state index contributed by atoms with van der Waals surface area (Å²) in [6, 6.07) is 19.9. The molecule has 0 aliphatic carbocycles. The molecule has 2 aromatic carbocycles. The lowest BCUT2D eigenvalue weighted by Crippen LogP contribution is -2.50. The van der Waals surface area contributed by atoms with Gasteiger partial charge in [-0.1, -0.05) is 48.5 Å². The van der Waals surface area contributed by atoms with Gasteiger partial charge in [0.15, 0.2) is 0 Å². The van der Waals surface area contributed by atoms with Crippen molar-refractivity contribution in [2.24, 2.45) is 0 Å². The molecule has 1 aromatic heterocycles. The van der Waals surface area contributed by atoms with Crippen molar-refractivity contribution in [2.75, 3.05) is 32.7 Å². The summed E-state index contributed by atoms with van der Waals surface area (Å²) in [7, 11) is 0. The lowest BCUT2D eigenvalue weighted by molar-refractivity contribution is -0.131. The average Bonchev–Trinajstić information content (AvgIpc) is 3.17. The van der Waals surface area contributed by atoms with Crippen molar-refractivity contribution < 1.29 is 9.59 Å². The Bertz CT molecular complexity index is 926. The Hall–Kier alpha value is -3.12. The van der Waals surface area contributed by atoms with Crippen LogP contribution in [0, 0.1) is 0 Å². The molecule has 2 amide bonds. The summed E-state index contributed by atoms with van der Waals surface area (Å²) in [4.78, 5) is 32.0. The van der Waals surface area contributed by atoms with Crippen LogP contribution in [-0.2, 0) is 11.3 Å². The van der Waals surface area contributed by atoms with E-state index in [2.05, 4.69) is 27.3 Å². The fraction of sp³-hybridized carbons (Fsp3) is 0.273. The van der Waals surface area contributed by atoms with Crippen LogP contribution in [0.3, 0.4) is 0 Å². The van der Waals surface area contributed by atoms with E-state index in [-0.39, 0.29) is 18.4 Å². The molecular weight excluding hydrogens is 352 g/mol. The molecule has 0 unspecified atom stereocenters. The fourth-order valence-corrected chi connectivity index (χ4v) is 3.56. The Balaban J connectivity index is 1.25. The van der Waals surface area contributed by atoms with Gasteiger partial charge in [0, 0.05) is 43.6 Å².